The molecule has 0 unspecified atom stereocenters. The maximum absolute atomic E-state index is 12.5. The zero-order valence-corrected chi connectivity index (χ0v) is 13.2. The van der Waals surface area contributed by atoms with Crippen molar-refractivity contribution in [1.29, 1.82) is 0 Å². The number of hydrogen-bond acceptors (Lipinski definition) is 4. The van der Waals surface area contributed by atoms with Crippen molar-refractivity contribution in [2.45, 2.75) is 37.2 Å². The van der Waals surface area contributed by atoms with Crippen molar-refractivity contribution in [1.82, 2.24) is 10.3 Å². The van der Waals surface area contributed by atoms with Gasteiger partial charge < -0.3 is 10.4 Å². The van der Waals surface area contributed by atoms with Gasteiger partial charge in [-0.3, -0.25) is 4.79 Å². The van der Waals surface area contributed by atoms with Gasteiger partial charge in [0.05, 0.1) is 12.2 Å². The molecule has 8 heteroatoms. The average molecular weight is 336 g/mol. The number of aliphatic hydroxyl groups excluding tert-OH is 1. The molecule has 0 aromatic carbocycles. The number of carbonyl (C=O) groups is 1. The fraction of sp³-hybridized carbons (Fsp3) is 0.571. The molecule has 1 rings (SSSR count). The van der Waals surface area contributed by atoms with Gasteiger partial charge in [-0.25, -0.2) is 4.98 Å². The topological polar surface area (TPSA) is 62.2 Å². The number of nitrogens with one attached hydrogen (secondary N) is 1. The summed E-state index contributed by atoms with van der Waals surface area (Å²) in [7, 11) is 0. The summed E-state index contributed by atoms with van der Waals surface area (Å²) in [5.74, 6) is -0.625. The maximum atomic E-state index is 12.5. The summed E-state index contributed by atoms with van der Waals surface area (Å²) in [4.78, 5) is 15.8. The average Bonchev–Trinajstić information content (AvgIpc) is 2.48. The molecule has 2 N–H and O–H groups in total. The van der Waals surface area contributed by atoms with Crippen LogP contribution < -0.4 is 5.32 Å². The van der Waals surface area contributed by atoms with Gasteiger partial charge in [0.15, 0.2) is 0 Å². The number of thioether (sulfide) groups is 1. The van der Waals surface area contributed by atoms with E-state index >= 15 is 0 Å². The smallest absolute Gasteiger partial charge is 0.396 e. The second-order valence-electron chi connectivity index (χ2n) is 4.95. The molecule has 0 saturated carbocycles. The Hall–Kier alpha value is -1.28. The standard InChI is InChI=1S/C14H19F3N2O2S/c1-3-13(4-2,9-20)8-19-11(21)10-6-5-7-18-12(10)22-14(15,16)17/h5-7,20H,3-4,8-9H2,1-2H3,(H,19,21). The molecule has 0 fully saturated rings. The first-order valence-corrected chi connectivity index (χ1v) is 7.68. The summed E-state index contributed by atoms with van der Waals surface area (Å²) in [6, 6.07) is 2.71. The van der Waals surface area contributed by atoms with Gasteiger partial charge in [0.2, 0.25) is 0 Å². The van der Waals surface area contributed by atoms with Crippen LogP contribution in [0, 0.1) is 5.41 Å². The molecule has 0 saturated heterocycles. The van der Waals surface area contributed by atoms with Gasteiger partial charge in [-0.15, -0.1) is 0 Å². The van der Waals surface area contributed by atoms with Gasteiger partial charge in [-0.05, 0) is 25.0 Å². The minimum Gasteiger partial charge on any atom is -0.396 e. The Bertz CT molecular complexity index is 497. The maximum Gasteiger partial charge on any atom is 0.447 e. The molecule has 124 valence electrons. The first kappa shape index (κ1) is 18.8. The molecule has 0 radical (unpaired) electrons. The van der Waals surface area contributed by atoms with E-state index in [0.29, 0.717) is 12.8 Å². The number of pyridine rings is 1. The number of carbonyl (C=O) groups excluding carboxylic acids is 1. The third-order valence-corrected chi connectivity index (χ3v) is 4.44. The minimum atomic E-state index is -4.51. The lowest BCUT2D eigenvalue weighted by molar-refractivity contribution is -0.0329. The monoisotopic (exact) mass is 336 g/mol. The van der Waals surface area contributed by atoms with Crippen LogP contribution in [0.3, 0.4) is 0 Å². The quantitative estimate of drug-likeness (QED) is 0.751. The number of aliphatic hydroxyl groups is 1. The number of rotatable bonds is 7. The Morgan fingerprint density at radius 1 is 1.36 bits per heavy atom. The van der Waals surface area contributed by atoms with Crippen molar-refractivity contribution in [2.75, 3.05) is 13.2 Å². The van der Waals surface area contributed by atoms with Crippen molar-refractivity contribution in [3.05, 3.63) is 23.9 Å². The zero-order chi connectivity index (χ0) is 16.8. The zero-order valence-electron chi connectivity index (χ0n) is 12.4. The normalized spacial score (nSPS) is 12.3. The third kappa shape index (κ3) is 5.17. The number of alkyl halides is 3. The molecule has 1 amide bonds. The van der Waals surface area contributed by atoms with Crippen LogP contribution in [0.15, 0.2) is 23.4 Å². The third-order valence-electron chi connectivity index (χ3n) is 3.69. The van der Waals surface area contributed by atoms with Gasteiger partial charge in [0, 0.05) is 29.9 Å². The molecule has 0 aliphatic heterocycles. The predicted octanol–water partition coefficient (Wildman–Crippen LogP) is 3.22. The highest BCUT2D eigenvalue weighted by molar-refractivity contribution is 8.00. The van der Waals surface area contributed by atoms with Gasteiger partial charge in [0.25, 0.3) is 5.91 Å². The van der Waals surface area contributed by atoms with Gasteiger partial charge in [-0.1, -0.05) is 13.8 Å². The molecular weight excluding hydrogens is 317 g/mol. The molecule has 22 heavy (non-hydrogen) atoms. The van der Waals surface area contributed by atoms with E-state index in [1.807, 2.05) is 13.8 Å². The van der Waals surface area contributed by atoms with Crippen LogP contribution in [0.2, 0.25) is 0 Å². The Kier molecular flexibility index (Phi) is 6.67. The summed E-state index contributed by atoms with van der Waals surface area (Å²) in [5.41, 5.74) is -5.09. The predicted molar refractivity (Wildman–Crippen MR) is 78.6 cm³/mol. The van der Waals surface area contributed by atoms with Crippen molar-refractivity contribution < 1.29 is 23.1 Å². The van der Waals surface area contributed by atoms with Crippen LogP contribution in [-0.4, -0.2) is 34.7 Å². The number of hydrogen-bond donors (Lipinski definition) is 2. The van der Waals surface area contributed by atoms with E-state index in [-0.39, 0.29) is 23.7 Å². The summed E-state index contributed by atoms with van der Waals surface area (Å²) in [5, 5.41) is 11.7. The number of halogens is 3. The molecule has 0 spiro atoms. The van der Waals surface area contributed by atoms with Gasteiger partial charge >= 0.3 is 5.51 Å². The van der Waals surface area contributed by atoms with E-state index in [1.165, 1.54) is 18.3 Å². The lowest BCUT2D eigenvalue weighted by Gasteiger charge is -2.29. The first-order valence-electron chi connectivity index (χ1n) is 6.86. The van der Waals surface area contributed by atoms with Gasteiger partial charge in [-0.2, -0.15) is 13.2 Å². The number of nitrogens with zero attached hydrogens (tertiary/aromatic N) is 1. The van der Waals surface area contributed by atoms with Crippen LogP contribution in [0.1, 0.15) is 37.0 Å². The highest BCUT2D eigenvalue weighted by Gasteiger charge is 2.33. The van der Waals surface area contributed by atoms with E-state index in [9.17, 15) is 23.1 Å². The summed E-state index contributed by atoms with van der Waals surface area (Å²) in [6.45, 7) is 3.87. The molecular formula is C14H19F3N2O2S. The lowest BCUT2D eigenvalue weighted by Crippen LogP contribution is -2.39. The van der Waals surface area contributed by atoms with Crippen LogP contribution in [0.5, 0.6) is 0 Å². The van der Waals surface area contributed by atoms with Crippen LogP contribution >= 0.6 is 11.8 Å². The molecule has 1 aromatic rings. The van der Waals surface area contributed by atoms with E-state index < -0.39 is 28.6 Å². The SMILES string of the molecule is CCC(CC)(CO)CNC(=O)c1cccnc1SC(F)(F)F. The van der Waals surface area contributed by atoms with Crippen molar-refractivity contribution in [3.63, 3.8) is 0 Å². The highest BCUT2D eigenvalue weighted by Crippen LogP contribution is 2.37. The molecule has 1 heterocycles. The van der Waals surface area contributed by atoms with E-state index in [2.05, 4.69) is 10.3 Å². The minimum absolute atomic E-state index is 0.0997. The summed E-state index contributed by atoms with van der Waals surface area (Å²) >= 11 is -0.415. The lowest BCUT2D eigenvalue weighted by atomic mass is 9.83. The highest BCUT2D eigenvalue weighted by atomic mass is 32.2. The fourth-order valence-electron chi connectivity index (χ4n) is 1.90. The van der Waals surface area contributed by atoms with E-state index in [1.54, 1.807) is 0 Å². The van der Waals surface area contributed by atoms with Crippen LogP contribution in [0.4, 0.5) is 13.2 Å². The van der Waals surface area contributed by atoms with Crippen molar-refractivity contribution >= 4 is 17.7 Å². The molecule has 1 aromatic heterocycles. The van der Waals surface area contributed by atoms with Gasteiger partial charge in [0.1, 0.15) is 5.03 Å². The Labute approximate surface area is 131 Å². The van der Waals surface area contributed by atoms with E-state index in [0.717, 1.165) is 0 Å². The van der Waals surface area contributed by atoms with Crippen molar-refractivity contribution in [3.8, 4) is 0 Å². The Morgan fingerprint density at radius 2 is 2.00 bits per heavy atom. The summed E-state index contributed by atoms with van der Waals surface area (Å²) in [6.07, 6.45) is 2.51. The number of amides is 1. The Balaban J connectivity index is 2.86. The van der Waals surface area contributed by atoms with Crippen LogP contribution in [-0.2, 0) is 0 Å². The fourth-order valence-corrected chi connectivity index (χ4v) is 2.50. The molecule has 0 atom stereocenters. The van der Waals surface area contributed by atoms with E-state index in [4.69, 9.17) is 0 Å². The largest absolute Gasteiger partial charge is 0.447 e. The van der Waals surface area contributed by atoms with Crippen molar-refractivity contribution in [2.24, 2.45) is 5.41 Å². The second kappa shape index (κ2) is 7.82. The molecule has 4 nitrogen and oxygen atoms in total. The molecule has 0 aliphatic carbocycles. The summed E-state index contributed by atoms with van der Waals surface area (Å²) < 4.78 is 37.4. The first-order chi connectivity index (χ1) is 10.3. The molecule has 0 bridgehead atoms. The Morgan fingerprint density at radius 3 is 2.50 bits per heavy atom. The molecule has 0 aliphatic rings. The van der Waals surface area contributed by atoms with Crippen LogP contribution in [0.25, 0.3) is 0 Å². The second-order valence-corrected chi connectivity index (χ2v) is 6.01. The number of aromatic nitrogens is 1.